The number of carbonyl (C=O) groups excluding carboxylic acids is 1. The van der Waals surface area contributed by atoms with Crippen LogP contribution in [-0.2, 0) is 9.53 Å². The van der Waals surface area contributed by atoms with Crippen LogP contribution in [0.3, 0.4) is 0 Å². The SMILES string of the molecule is CCOC(=O)C1C(C[C@H](C)O)C1(F)F. The number of esters is 1. The van der Waals surface area contributed by atoms with E-state index in [0.29, 0.717) is 0 Å². The molecule has 0 heterocycles. The lowest BCUT2D eigenvalue weighted by Crippen LogP contribution is -2.11. The number of hydrogen-bond acceptors (Lipinski definition) is 3. The molecule has 1 aliphatic carbocycles. The molecule has 1 N–H and O–H groups in total. The van der Waals surface area contributed by atoms with Crippen molar-refractivity contribution in [1.29, 1.82) is 0 Å². The number of alkyl halides is 2. The zero-order valence-corrected chi connectivity index (χ0v) is 8.17. The molecule has 0 saturated heterocycles. The second kappa shape index (κ2) is 3.81. The lowest BCUT2D eigenvalue weighted by atomic mass is 10.2. The molecule has 0 amide bonds. The molecule has 3 nitrogen and oxygen atoms in total. The van der Waals surface area contributed by atoms with Crippen LogP contribution in [0, 0.1) is 11.8 Å². The molecule has 1 rings (SSSR count). The number of ether oxygens (including phenoxy) is 1. The van der Waals surface area contributed by atoms with E-state index in [0.717, 1.165) is 0 Å². The van der Waals surface area contributed by atoms with Gasteiger partial charge in [0.1, 0.15) is 5.92 Å². The van der Waals surface area contributed by atoms with E-state index >= 15 is 0 Å². The number of carbonyl (C=O) groups is 1. The minimum Gasteiger partial charge on any atom is -0.466 e. The Balaban J connectivity index is 2.52. The Kier molecular flexibility index (Phi) is 3.09. The third-order valence-corrected chi connectivity index (χ3v) is 2.34. The van der Waals surface area contributed by atoms with Gasteiger partial charge in [0.25, 0.3) is 5.92 Å². The maximum Gasteiger partial charge on any atom is 0.315 e. The van der Waals surface area contributed by atoms with E-state index < -0.39 is 29.8 Å². The van der Waals surface area contributed by atoms with Gasteiger partial charge in [0.2, 0.25) is 0 Å². The normalized spacial score (nSPS) is 30.9. The molecule has 1 aliphatic rings. The van der Waals surface area contributed by atoms with Crippen molar-refractivity contribution in [2.45, 2.75) is 32.3 Å². The molecule has 3 atom stereocenters. The molecule has 0 aromatic carbocycles. The summed E-state index contributed by atoms with van der Waals surface area (Å²) in [7, 11) is 0. The Labute approximate surface area is 81.1 Å². The van der Waals surface area contributed by atoms with E-state index in [2.05, 4.69) is 4.74 Å². The number of hydrogen-bond donors (Lipinski definition) is 1. The summed E-state index contributed by atoms with van der Waals surface area (Å²) < 4.78 is 30.5. The van der Waals surface area contributed by atoms with Gasteiger partial charge < -0.3 is 9.84 Å². The Hall–Kier alpha value is -0.710. The Morgan fingerprint density at radius 2 is 2.21 bits per heavy atom. The van der Waals surface area contributed by atoms with Crippen LogP contribution in [0.1, 0.15) is 20.3 Å². The van der Waals surface area contributed by atoms with E-state index in [-0.39, 0.29) is 13.0 Å². The minimum absolute atomic E-state index is 0.0590. The molecule has 0 bridgehead atoms. The Bertz CT molecular complexity index is 228. The van der Waals surface area contributed by atoms with E-state index in [1.54, 1.807) is 6.92 Å². The molecule has 0 aromatic heterocycles. The summed E-state index contributed by atoms with van der Waals surface area (Å²) in [6, 6.07) is 0. The topological polar surface area (TPSA) is 46.5 Å². The first-order valence-corrected chi connectivity index (χ1v) is 4.63. The molecule has 5 heteroatoms. The summed E-state index contributed by atoms with van der Waals surface area (Å²) in [6.07, 6.45) is -0.874. The largest absolute Gasteiger partial charge is 0.466 e. The summed E-state index contributed by atoms with van der Waals surface area (Å²) in [5, 5.41) is 8.94. The highest BCUT2D eigenvalue weighted by Crippen LogP contribution is 2.57. The summed E-state index contributed by atoms with van der Waals surface area (Å²) in [5.41, 5.74) is 0. The van der Waals surface area contributed by atoms with Crippen molar-refractivity contribution in [2.75, 3.05) is 6.61 Å². The van der Waals surface area contributed by atoms with Crippen molar-refractivity contribution < 1.29 is 23.4 Å². The van der Waals surface area contributed by atoms with Gasteiger partial charge in [-0.05, 0) is 20.3 Å². The molecular formula is C9H14F2O3. The number of aliphatic hydroxyl groups excluding tert-OH is 1. The average molecular weight is 208 g/mol. The van der Waals surface area contributed by atoms with E-state index in [1.807, 2.05) is 0 Å². The first kappa shape index (κ1) is 11.4. The standard InChI is InChI=1S/C9H14F2O3/c1-3-14-8(13)7-6(4-5(2)12)9(7,10)11/h5-7,12H,3-4H2,1-2H3/t5-,6?,7?/m0/s1. The molecule has 14 heavy (non-hydrogen) atoms. The van der Waals surface area contributed by atoms with Crippen LogP contribution in [-0.4, -0.2) is 29.7 Å². The molecule has 0 aliphatic heterocycles. The monoisotopic (exact) mass is 208 g/mol. The van der Waals surface area contributed by atoms with E-state index in [1.165, 1.54) is 6.92 Å². The highest BCUT2D eigenvalue weighted by molar-refractivity contribution is 5.78. The third kappa shape index (κ3) is 2.03. The van der Waals surface area contributed by atoms with Crippen LogP contribution >= 0.6 is 0 Å². The van der Waals surface area contributed by atoms with E-state index in [9.17, 15) is 13.6 Å². The molecule has 82 valence electrons. The van der Waals surface area contributed by atoms with Gasteiger partial charge in [0, 0.05) is 5.92 Å². The fourth-order valence-corrected chi connectivity index (χ4v) is 1.60. The van der Waals surface area contributed by atoms with Crippen LogP contribution in [0.2, 0.25) is 0 Å². The zero-order chi connectivity index (χ0) is 10.9. The number of rotatable bonds is 4. The molecule has 0 aromatic rings. The van der Waals surface area contributed by atoms with Gasteiger partial charge in [-0.2, -0.15) is 0 Å². The van der Waals surface area contributed by atoms with Crippen molar-refractivity contribution in [1.82, 2.24) is 0 Å². The van der Waals surface area contributed by atoms with E-state index in [4.69, 9.17) is 5.11 Å². The molecule has 2 unspecified atom stereocenters. The van der Waals surface area contributed by atoms with Gasteiger partial charge in [0.05, 0.1) is 12.7 Å². The fraction of sp³-hybridized carbons (Fsp3) is 0.889. The number of halogens is 2. The van der Waals surface area contributed by atoms with Crippen molar-refractivity contribution in [3.8, 4) is 0 Å². The van der Waals surface area contributed by atoms with Crippen LogP contribution < -0.4 is 0 Å². The predicted octanol–water partition coefficient (Wildman–Crippen LogP) is 1.20. The maximum atomic E-state index is 13.0. The third-order valence-electron chi connectivity index (χ3n) is 2.34. The van der Waals surface area contributed by atoms with Crippen molar-refractivity contribution >= 4 is 5.97 Å². The van der Waals surface area contributed by atoms with Crippen LogP contribution in [0.5, 0.6) is 0 Å². The quantitative estimate of drug-likeness (QED) is 0.706. The zero-order valence-electron chi connectivity index (χ0n) is 8.17. The first-order chi connectivity index (χ1) is 6.41. The Morgan fingerprint density at radius 3 is 2.64 bits per heavy atom. The average Bonchev–Trinajstić information content (AvgIpc) is 2.52. The lowest BCUT2D eigenvalue weighted by Gasteiger charge is -2.00. The van der Waals surface area contributed by atoms with Gasteiger partial charge >= 0.3 is 5.97 Å². The van der Waals surface area contributed by atoms with Crippen LogP contribution in [0.4, 0.5) is 8.78 Å². The molecule has 0 radical (unpaired) electrons. The molecular weight excluding hydrogens is 194 g/mol. The second-order valence-corrected chi connectivity index (χ2v) is 3.60. The fourth-order valence-electron chi connectivity index (χ4n) is 1.60. The van der Waals surface area contributed by atoms with Crippen molar-refractivity contribution in [3.63, 3.8) is 0 Å². The minimum atomic E-state index is -3.00. The number of aliphatic hydroxyl groups is 1. The summed E-state index contributed by atoms with van der Waals surface area (Å²) >= 11 is 0. The second-order valence-electron chi connectivity index (χ2n) is 3.60. The highest BCUT2D eigenvalue weighted by Gasteiger charge is 2.72. The molecule has 0 spiro atoms. The summed E-state index contributed by atoms with van der Waals surface area (Å²) in [5.74, 6) is -6.26. The summed E-state index contributed by atoms with van der Waals surface area (Å²) in [6.45, 7) is 3.10. The smallest absolute Gasteiger partial charge is 0.315 e. The van der Waals surface area contributed by atoms with Gasteiger partial charge in [-0.3, -0.25) is 4.79 Å². The van der Waals surface area contributed by atoms with Gasteiger partial charge in [-0.15, -0.1) is 0 Å². The summed E-state index contributed by atoms with van der Waals surface area (Å²) in [4.78, 5) is 11.0. The van der Waals surface area contributed by atoms with Crippen molar-refractivity contribution in [2.24, 2.45) is 11.8 Å². The first-order valence-electron chi connectivity index (χ1n) is 4.63. The van der Waals surface area contributed by atoms with Crippen LogP contribution in [0.25, 0.3) is 0 Å². The van der Waals surface area contributed by atoms with Crippen LogP contribution in [0.15, 0.2) is 0 Å². The lowest BCUT2D eigenvalue weighted by molar-refractivity contribution is -0.147. The van der Waals surface area contributed by atoms with Gasteiger partial charge in [0.15, 0.2) is 0 Å². The van der Waals surface area contributed by atoms with Crippen molar-refractivity contribution in [3.05, 3.63) is 0 Å². The molecule has 1 saturated carbocycles. The van der Waals surface area contributed by atoms with Gasteiger partial charge in [-0.1, -0.05) is 0 Å². The maximum absolute atomic E-state index is 13.0. The Morgan fingerprint density at radius 1 is 1.64 bits per heavy atom. The molecule has 1 fully saturated rings. The predicted molar refractivity (Wildman–Crippen MR) is 44.9 cm³/mol. The highest BCUT2D eigenvalue weighted by atomic mass is 19.3. The van der Waals surface area contributed by atoms with Gasteiger partial charge in [-0.25, -0.2) is 8.78 Å².